The molecule has 4 rings (SSSR count). The van der Waals surface area contributed by atoms with Crippen LogP contribution in [0.3, 0.4) is 0 Å². The van der Waals surface area contributed by atoms with Gasteiger partial charge in [0.15, 0.2) is 5.16 Å². The van der Waals surface area contributed by atoms with Crippen LogP contribution in [0.2, 0.25) is 0 Å². The molecule has 0 spiro atoms. The van der Waals surface area contributed by atoms with Crippen molar-refractivity contribution in [3.8, 4) is 0 Å². The molecule has 1 N–H and O–H groups in total. The molecule has 1 amide bonds. The molecule has 27 heavy (non-hydrogen) atoms. The molecule has 3 heterocycles. The third-order valence-corrected chi connectivity index (χ3v) is 6.27. The molecule has 1 aliphatic heterocycles. The van der Waals surface area contributed by atoms with E-state index in [9.17, 15) is 4.79 Å². The summed E-state index contributed by atoms with van der Waals surface area (Å²) in [7, 11) is 0. The fraction of sp³-hybridized carbons (Fsp3) is 0.444. The number of amides is 1. The number of hydrogen-bond donors (Lipinski definition) is 1. The number of rotatable bonds is 5. The maximum absolute atomic E-state index is 12.7. The lowest BCUT2D eigenvalue weighted by Gasteiger charge is -2.21. The number of nitrogens with one attached hydrogen (secondary N) is 1. The van der Waals surface area contributed by atoms with Crippen LogP contribution in [-0.4, -0.2) is 62.1 Å². The average Bonchev–Trinajstić information content (AvgIpc) is 3.26. The Morgan fingerprint density at radius 3 is 2.93 bits per heavy atom. The lowest BCUT2D eigenvalue weighted by Crippen LogP contribution is -2.36. The summed E-state index contributed by atoms with van der Waals surface area (Å²) in [5, 5.41) is 1.76. The van der Waals surface area contributed by atoms with E-state index in [1.54, 1.807) is 0 Å². The van der Waals surface area contributed by atoms with E-state index in [2.05, 4.69) is 31.1 Å². The maximum Gasteiger partial charge on any atom is 0.233 e. The first kappa shape index (κ1) is 18.2. The summed E-state index contributed by atoms with van der Waals surface area (Å²) >= 11 is 2.92. The van der Waals surface area contributed by atoms with Crippen LogP contribution in [0.25, 0.3) is 11.0 Å². The highest BCUT2D eigenvalue weighted by atomic mass is 32.2. The monoisotopic (exact) mass is 402 g/mol. The smallest absolute Gasteiger partial charge is 0.233 e. The number of thioether (sulfide) groups is 1. The van der Waals surface area contributed by atoms with E-state index in [-0.39, 0.29) is 5.91 Å². The van der Waals surface area contributed by atoms with Gasteiger partial charge >= 0.3 is 0 Å². The van der Waals surface area contributed by atoms with Crippen LogP contribution in [0.5, 0.6) is 0 Å². The number of fused-ring (bicyclic) bond motifs is 1. The highest BCUT2D eigenvalue weighted by molar-refractivity contribution is 7.99. The highest BCUT2D eigenvalue weighted by Gasteiger charge is 2.21. The molecule has 0 bridgehead atoms. The Morgan fingerprint density at radius 1 is 1.22 bits per heavy atom. The second kappa shape index (κ2) is 8.26. The van der Waals surface area contributed by atoms with E-state index in [0.29, 0.717) is 5.75 Å². The molecule has 2 aromatic heterocycles. The van der Waals surface area contributed by atoms with Gasteiger partial charge in [-0.1, -0.05) is 30.8 Å². The van der Waals surface area contributed by atoms with Gasteiger partial charge in [0.05, 0.1) is 16.8 Å². The van der Waals surface area contributed by atoms with E-state index in [4.69, 9.17) is 0 Å². The van der Waals surface area contributed by atoms with Gasteiger partial charge in [0.2, 0.25) is 11.0 Å². The van der Waals surface area contributed by atoms with E-state index in [1.807, 2.05) is 29.2 Å². The molecule has 7 nitrogen and oxygen atoms in total. The van der Waals surface area contributed by atoms with Gasteiger partial charge in [-0.2, -0.15) is 4.37 Å². The maximum atomic E-state index is 12.7. The summed E-state index contributed by atoms with van der Waals surface area (Å²) in [5.74, 6) is 1.46. The van der Waals surface area contributed by atoms with Crippen molar-refractivity contribution in [3.05, 3.63) is 30.1 Å². The Morgan fingerprint density at radius 2 is 2.11 bits per heavy atom. The molecule has 9 heteroatoms. The first-order valence-electron chi connectivity index (χ1n) is 9.16. The SMILES string of the molecule is CCc1nsc(N2CCCN(C(=O)CSc3nc4ccccc4[nH]3)CC2)n1. The van der Waals surface area contributed by atoms with Crippen molar-refractivity contribution in [2.45, 2.75) is 24.9 Å². The van der Waals surface area contributed by atoms with Crippen molar-refractivity contribution in [3.63, 3.8) is 0 Å². The van der Waals surface area contributed by atoms with Gasteiger partial charge in [-0.05, 0) is 18.6 Å². The van der Waals surface area contributed by atoms with Gasteiger partial charge in [-0.25, -0.2) is 9.97 Å². The molecule has 1 fully saturated rings. The number of H-pyrrole nitrogens is 1. The number of hydrogen-bond acceptors (Lipinski definition) is 7. The van der Waals surface area contributed by atoms with E-state index >= 15 is 0 Å². The summed E-state index contributed by atoms with van der Waals surface area (Å²) in [6.45, 7) is 5.29. The number of nitrogens with zero attached hydrogens (tertiary/aromatic N) is 5. The summed E-state index contributed by atoms with van der Waals surface area (Å²) in [4.78, 5) is 29.2. The molecule has 3 aromatic rings. The molecule has 0 aliphatic carbocycles. The Hall–Kier alpha value is -2.13. The third kappa shape index (κ3) is 4.24. The zero-order valence-corrected chi connectivity index (χ0v) is 16.9. The minimum Gasteiger partial charge on any atom is -0.345 e. The molecule has 1 saturated heterocycles. The molecule has 1 aromatic carbocycles. The number of aromatic nitrogens is 4. The molecule has 0 atom stereocenters. The van der Waals surface area contributed by atoms with Crippen molar-refractivity contribution in [1.82, 2.24) is 24.2 Å². The van der Waals surface area contributed by atoms with Crippen molar-refractivity contribution in [2.24, 2.45) is 0 Å². The quantitative estimate of drug-likeness (QED) is 0.661. The standard InChI is InChI=1S/C18H22N6OS2/c1-2-15-21-18(27-22-15)24-9-5-8-23(10-11-24)16(25)12-26-17-19-13-6-3-4-7-14(13)20-17/h3-4,6-7H,2,5,8-12H2,1H3,(H,19,20). The normalized spacial score (nSPS) is 15.3. The van der Waals surface area contributed by atoms with Crippen molar-refractivity contribution >= 4 is 45.4 Å². The van der Waals surface area contributed by atoms with Crippen LogP contribution >= 0.6 is 23.3 Å². The zero-order valence-electron chi connectivity index (χ0n) is 15.2. The Kier molecular flexibility index (Phi) is 5.58. The van der Waals surface area contributed by atoms with Crippen LogP contribution in [0, 0.1) is 0 Å². The number of para-hydroxylation sites is 2. The van der Waals surface area contributed by atoms with E-state index < -0.39 is 0 Å². The number of imidazole rings is 1. The van der Waals surface area contributed by atoms with Crippen LogP contribution in [-0.2, 0) is 11.2 Å². The first-order chi connectivity index (χ1) is 13.2. The Balaban J connectivity index is 1.32. The third-order valence-electron chi connectivity index (χ3n) is 4.59. The predicted molar refractivity (Wildman–Crippen MR) is 110 cm³/mol. The van der Waals surface area contributed by atoms with Crippen LogP contribution in [0.1, 0.15) is 19.2 Å². The second-order valence-electron chi connectivity index (χ2n) is 6.42. The van der Waals surface area contributed by atoms with Gasteiger partial charge in [0, 0.05) is 44.1 Å². The molecule has 142 valence electrons. The lowest BCUT2D eigenvalue weighted by molar-refractivity contribution is -0.128. The fourth-order valence-corrected chi connectivity index (χ4v) is 4.68. The number of benzene rings is 1. The number of carbonyl (C=O) groups excluding carboxylic acids is 1. The molecule has 1 aliphatic rings. The van der Waals surface area contributed by atoms with Crippen LogP contribution < -0.4 is 4.90 Å². The highest BCUT2D eigenvalue weighted by Crippen LogP contribution is 2.21. The number of anilines is 1. The van der Waals surface area contributed by atoms with Crippen molar-refractivity contribution in [2.75, 3.05) is 36.8 Å². The number of aryl methyl sites for hydroxylation is 1. The van der Waals surface area contributed by atoms with Crippen LogP contribution in [0.15, 0.2) is 29.4 Å². The lowest BCUT2D eigenvalue weighted by atomic mass is 10.3. The first-order valence-corrected chi connectivity index (χ1v) is 10.9. The minimum absolute atomic E-state index is 0.161. The van der Waals surface area contributed by atoms with Crippen LogP contribution in [0.4, 0.5) is 5.13 Å². The molecule has 0 radical (unpaired) electrons. The van der Waals surface area contributed by atoms with Crippen molar-refractivity contribution < 1.29 is 4.79 Å². The zero-order chi connectivity index (χ0) is 18.6. The average molecular weight is 403 g/mol. The van der Waals surface area contributed by atoms with E-state index in [1.165, 1.54) is 23.3 Å². The molecule has 0 saturated carbocycles. The minimum atomic E-state index is 0.161. The van der Waals surface area contributed by atoms with Crippen molar-refractivity contribution in [1.29, 1.82) is 0 Å². The number of aromatic amines is 1. The summed E-state index contributed by atoms with van der Waals surface area (Å²) in [6, 6.07) is 7.91. The Bertz CT molecular complexity index is 890. The molecular formula is C18H22N6OS2. The number of carbonyl (C=O) groups is 1. The van der Waals surface area contributed by atoms with E-state index in [0.717, 1.165) is 66.2 Å². The van der Waals surface area contributed by atoms with Gasteiger partial charge in [-0.15, -0.1) is 0 Å². The predicted octanol–water partition coefficient (Wildman–Crippen LogP) is 2.81. The van der Waals surface area contributed by atoms with Gasteiger partial charge in [0.1, 0.15) is 5.82 Å². The second-order valence-corrected chi connectivity index (χ2v) is 8.11. The Labute approximate surface area is 166 Å². The molecule has 0 unspecified atom stereocenters. The summed E-state index contributed by atoms with van der Waals surface area (Å²) in [6.07, 6.45) is 1.80. The topological polar surface area (TPSA) is 78.0 Å². The fourth-order valence-electron chi connectivity index (χ4n) is 3.09. The largest absolute Gasteiger partial charge is 0.345 e. The van der Waals surface area contributed by atoms with Gasteiger partial charge < -0.3 is 14.8 Å². The summed E-state index contributed by atoms with van der Waals surface area (Å²) < 4.78 is 4.37. The van der Waals surface area contributed by atoms with Gasteiger partial charge in [-0.3, -0.25) is 4.79 Å². The summed E-state index contributed by atoms with van der Waals surface area (Å²) in [5.41, 5.74) is 1.93. The molecular weight excluding hydrogens is 380 g/mol. The van der Waals surface area contributed by atoms with Gasteiger partial charge in [0.25, 0.3) is 0 Å².